The molecule has 5 nitrogen and oxygen atoms in total. The van der Waals surface area contributed by atoms with Gasteiger partial charge in [-0.3, -0.25) is 4.79 Å². The Kier molecular flexibility index (Phi) is 5.08. The molecule has 0 heterocycles. The van der Waals surface area contributed by atoms with Crippen LogP contribution in [-0.4, -0.2) is 23.8 Å². The van der Waals surface area contributed by atoms with Gasteiger partial charge in [-0.05, 0) is 36.8 Å². The fourth-order valence-electron chi connectivity index (χ4n) is 1.78. The number of benzene rings is 2. The lowest BCUT2D eigenvalue weighted by Gasteiger charge is -2.05. The minimum absolute atomic E-state index is 0.0411. The van der Waals surface area contributed by atoms with Crippen molar-refractivity contribution in [2.24, 2.45) is 5.10 Å². The second-order valence-electron chi connectivity index (χ2n) is 4.67. The maximum absolute atomic E-state index is 13.0. The van der Waals surface area contributed by atoms with E-state index in [9.17, 15) is 14.3 Å². The molecule has 0 radical (unpaired) electrons. The van der Waals surface area contributed by atoms with E-state index in [2.05, 4.69) is 15.8 Å². The zero-order valence-electron chi connectivity index (χ0n) is 12.0. The fraction of sp³-hybridized carbons (Fsp3) is 0.125. The lowest BCUT2D eigenvalue weighted by Crippen LogP contribution is -2.25. The van der Waals surface area contributed by atoms with Crippen LogP contribution < -0.4 is 10.7 Å². The summed E-state index contributed by atoms with van der Waals surface area (Å²) in [5, 5.41) is 16.3. The maximum Gasteiger partial charge on any atom is 0.259 e. The highest BCUT2D eigenvalue weighted by atomic mass is 19.1. The summed E-state index contributed by atoms with van der Waals surface area (Å²) in [6.07, 6.45) is 1.36. The van der Waals surface area contributed by atoms with E-state index in [1.807, 2.05) is 0 Å². The Morgan fingerprint density at radius 2 is 2.09 bits per heavy atom. The van der Waals surface area contributed by atoms with Crippen LogP contribution >= 0.6 is 0 Å². The molecule has 0 saturated heterocycles. The Morgan fingerprint density at radius 1 is 1.32 bits per heavy atom. The van der Waals surface area contributed by atoms with E-state index >= 15 is 0 Å². The SMILES string of the molecule is Cc1cccc(C=NNC(=O)CNc2cccc(F)c2)c1O. The number of phenolic OH excluding ortho intramolecular Hbond substituents is 1. The van der Waals surface area contributed by atoms with Crippen LogP contribution in [0.1, 0.15) is 11.1 Å². The number of amides is 1. The van der Waals surface area contributed by atoms with E-state index < -0.39 is 0 Å². The first-order chi connectivity index (χ1) is 10.6. The minimum atomic E-state index is -0.382. The number of rotatable bonds is 5. The van der Waals surface area contributed by atoms with Crippen molar-refractivity contribution in [3.8, 4) is 5.75 Å². The zero-order valence-corrected chi connectivity index (χ0v) is 12.0. The molecule has 0 aliphatic rings. The highest BCUT2D eigenvalue weighted by Gasteiger charge is 2.02. The number of hydrogen-bond donors (Lipinski definition) is 3. The minimum Gasteiger partial charge on any atom is -0.507 e. The summed E-state index contributed by atoms with van der Waals surface area (Å²) >= 11 is 0. The summed E-state index contributed by atoms with van der Waals surface area (Å²) in [5.74, 6) is -0.635. The molecule has 0 aromatic heterocycles. The Hall–Kier alpha value is -2.89. The largest absolute Gasteiger partial charge is 0.507 e. The van der Waals surface area contributed by atoms with Crippen LogP contribution in [0.5, 0.6) is 5.75 Å². The molecule has 0 unspecified atom stereocenters. The molecule has 0 atom stereocenters. The number of anilines is 1. The molecule has 2 rings (SSSR count). The number of carbonyl (C=O) groups excluding carboxylic acids is 1. The van der Waals surface area contributed by atoms with Crippen molar-refractivity contribution in [1.29, 1.82) is 0 Å². The molecule has 3 N–H and O–H groups in total. The summed E-state index contributed by atoms with van der Waals surface area (Å²) in [4.78, 5) is 11.6. The van der Waals surface area contributed by atoms with Crippen molar-refractivity contribution in [3.05, 3.63) is 59.4 Å². The molecule has 2 aromatic carbocycles. The molecular formula is C16H16FN3O2. The van der Waals surface area contributed by atoms with Gasteiger partial charge < -0.3 is 10.4 Å². The Morgan fingerprint density at radius 3 is 2.86 bits per heavy atom. The molecule has 0 aliphatic heterocycles. The predicted molar refractivity (Wildman–Crippen MR) is 83.5 cm³/mol. The van der Waals surface area contributed by atoms with Crippen LogP contribution in [0.2, 0.25) is 0 Å². The summed E-state index contributed by atoms with van der Waals surface area (Å²) < 4.78 is 13.0. The van der Waals surface area contributed by atoms with Crippen molar-refractivity contribution in [2.75, 3.05) is 11.9 Å². The molecular weight excluding hydrogens is 285 g/mol. The second-order valence-corrected chi connectivity index (χ2v) is 4.67. The normalized spacial score (nSPS) is 10.6. The van der Waals surface area contributed by atoms with E-state index in [0.717, 1.165) is 5.56 Å². The quantitative estimate of drug-likeness (QED) is 0.586. The number of halogens is 1. The lowest BCUT2D eigenvalue weighted by molar-refractivity contribution is -0.119. The second kappa shape index (κ2) is 7.21. The first-order valence-electron chi connectivity index (χ1n) is 6.66. The standard InChI is InChI=1S/C16H16FN3O2/c1-11-4-2-5-12(16(11)22)9-19-20-15(21)10-18-14-7-3-6-13(17)8-14/h2-9,18,22H,10H2,1H3,(H,20,21). The van der Waals surface area contributed by atoms with E-state index in [4.69, 9.17) is 0 Å². The molecule has 6 heteroatoms. The van der Waals surface area contributed by atoms with Gasteiger partial charge in [0, 0.05) is 11.3 Å². The number of hydrogen-bond acceptors (Lipinski definition) is 4. The van der Waals surface area contributed by atoms with E-state index in [-0.39, 0.29) is 24.0 Å². The number of hydrazone groups is 1. The summed E-state index contributed by atoms with van der Waals surface area (Å²) in [7, 11) is 0. The van der Waals surface area contributed by atoms with Crippen molar-refractivity contribution in [1.82, 2.24) is 5.43 Å². The van der Waals surface area contributed by atoms with Gasteiger partial charge in [-0.25, -0.2) is 9.82 Å². The van der Waals surface area contributed by atoms with E-state index in [0.29, 0.717) is 11.3 Å². The van der Waals surface area contributed by atoms with Gasteiger partial charge in [0.2, 0.25) is 0 Å². The maximum atomic E-state index is 13.0. The zero-order chi connectivity index (χ0) is 15.9. The Bertz CT molecular complexity index is 702. The third-order valence-electron chi connectivity index (χ3n) is 2.94. The van der Waals surface area contributed by atoms with Crippen LogP contribution in [0.25, 0.3) is 0 Å². The fourth-order valence-corrected chi connectivity index (χ4v) is 1.78. The molecule has 1 amide bonds. The third kappa shape index (κ3) is 4.31. The van der Waals surface area contributed by atoms with Crippen molar-refractivity contribution >= 4 is 17.8 Å². The predicted octanol–water partition coefficient (Wildman–Crippen LogP) is 2.40. The van der Waals surface area contributed by atoms with Gasteiger partial charge in [0.05, 0.1) is 12.8 Å². The average molecular weight is 301 g/mol. The molecule has 2 aromatic rings. The van der Waals surface area contributed by atoms with Gasteiger partial charge in [-0.2, -0.15) is 5.10 Å². The van der Waals surface area contributed by atoms with Crippen molar-refractivity contribution in [2.45, 2.75) is 6.92 Å². The smallest absolute Gasteiger partial charge is 0.259 e. The number of carbonyl (C=O) groups is 1. The monoisotopic (exact) mass is 301 g/mol. The van der Waals surface area contributed by atoms with Crippen LogP contribution in [-0.2, 0) is 4.79 Å². The summed E-state index contributed by atoms with van der Waals surface area (Å²) in [6.45, 7) is 1.73. The van der Waals surface area contributed by atoms with Gasteiger partial charge in [0.25, 0.3) is 5.91 Å². The Balaban J connectivity index is 1.85. The van der Waals surface area contributed by atoms with E-state index in [1.165, 1.54) is 18.3 Å². The number of nitrogens with zero attached hydrogens (tertiary/aromatic N) is 1. The van der Waals surface area contributed by atoms with Gasteiger partial charge >= 0.3 is 0 Å². The third-order valence-corrected chi connectivity index (χ3v) is 2.94. The molecule has 114 valence electrons. The van der Waals surface area contributed by atoms with Gasteiger partial charge in [-0.15, -0.1) is 0 Å². The van der Waals surface area contributed by atoms with Crippen LogP contribution in [0, 0.1) is 12.7 Å². The van der Waals surface area contributed by atoms with Gasteiger partial charge in [0.1, 0.15) is 11.6 Å². The molecule has 0 fully saturated rings. The summed E-state index contributed by atoms with van der Waals surface area (Å²) in [5.41, 5.74) is 4.07. The van der Waals surface area contributed by atoms with E-state index in [1.54, 1.807) is 37.3 Å². The van der Waals surface area contributed by atoms with Gasteiger partial charge in [0.15, 0.2) is 0 Å². The highest BCUT2D eigenvalue weighted by molar-refractivity contribution is 5.86. The topological polar surface area (TPSA) is 73.7 Å². The average Bonchev–Trinajstić information content (AvgIpc) is 2.49. The highest BCUT2D eigenvalue weighted by Crippen LogP contribution is 2.19. The van der Waals surface area contributed by atoms with Gasteiger partial charge in [-0.1, -0.05) is 18.2 Å². The lowest BCUT2D eigenvalue weighted by atomic mass is 10.1. The molecule has 0 aliphatic carbocycles. The van der Waals surface area contributed by atoms with Crippen LogP contribution in [0.4, 0.5) is 10.1 Å². The number of para-hydroxylation sites is 1. The van der Waals surface area contributed by atoms with Crippen molar-refractivity contribution < 1.29 is 14.3 Å². The van der Waals surface area contributed by atoms with Crippen LogP contribution in [0.3, 0.4) is 0 Å². The number of aryl methyl sites for hydroxylation is 1. The molecule has 0 spiro atoms. The first kappa shape index (κ1) is 15.5. The first-order valence-corrected chi connectivity index (χ1v) is 6.66. The molecule has 22 heavy (non-hydrogen) atoms. The van der Waals surface area contributed by atoms with Crippen molar-refractivity contribution in [3.63, 3.8) is 0 Å². The number of phenols is 1. The number of aromatic hydroxyl groups is 1. The summed E-state index contributed by atoms with van der Waals surface area (Å²) in [6, 6.07) is 11.1. The Labute approximate surface area is 127 Å². The molecule has 0 saturated carbocycles. The molecule has 0 bridgehead atoms. The number of nitrogens with one attached hydrogen (secondary N) is 2. The van der Waals surface area contributed by atoms with Crippen LogP contribution in [0.15, 0.2) is 47.6 Å².